The summed E-state index contributed by atoms with van der Waals surface area (Å²) in [7, 11) is 0. The molecule has 4 nitrogen and oxygen atoms in total. The van der Waals surface area contributed by atoms with Gasteiger partial charge in [0.2, 0.25) is 0 Å². The van der Waals surface area contributed by atoms with Gasteiger partial charge in [0.15, 0.2) is 0 Å². The fourth-order valence-electron chi connectivity index (χ4n) is 2.01. The SMILES string of the molecule is NNC(CC1CCCO1)c1cncc(F)c1. The first-order chi connectivity index (χ1) is 7.79. The predicted octanol–water partition coefficient (Wildman–Crippen LogP) is 1.29. The Morgan fingerprint density at radius 3 is 3.12 bits per heavy atom. The first-order valence-corrected chi connectivity index (χ1v) is 5.48. The van der Waals surface area contributed by atoms with Crippen LogP contribution in [-0.4, -0.2) is 17.7 Å². The lowest BCUT2D eigenvalue weighted by molar-refractivity contribution is 0.0945. The van der Waals surface area contributed by atoms with Crippen molar-refractivity contribution in [1.82, 2.24) is 10.4 Å². The van der Waals surface area contributed by atoms with Crippen molar-refractivity contribution in [2.45, 2.75) is 31.4 Å². The highest BCUT2D eigenvalue weighted by Gasteiger charge is 2.21. The number of hydrogen-bond acceptors (Lipinski definition) is 4. The molecule has 0 amide bonds. The molecule has 0 radical (unpaired) electrons. The average molecular weight is 225 g/mol. The van der Waals surface area contributed by atoms with E-state index in [1.165, 1.54) is 12.3 Å². The van der Waals surface area contributed by atoms with Gasteiger partial charge in [-0.15, -0.1) is 0 Å². The lowest BCUT2D eigenvalue weighted by Gasteiger charge is -2.19. The van der Waals surface area contributed by atoms with E-state index in [0.717, 1.165) is 31.4 Å². The van der Waals surface area contributed by atoms with Crippen molar-refractivity contribution in [1.29, 1.82) is 0 Å². The number of ether oxygens (including phenoxy) is 1. The Hall–Kier alpha value is -1.04. The van der Waals surface area contributed by atoms with Crippen molar-refractivity contribution in [2.24, 2.45) is 5.84 Å². The Kier molecular flexibility index (Phi) is 3.82. The molecule has 1 aliphatic heterocycles. The predicted molar refractivity (Wildman–Crippen MR) is 57.9 cm³/mol. The Morgan fingerprint density at radius 1 is 1.62 bits per heavy atom. The molecule has 0 saturated carbocycles. The van der Waals surface area contributed by atoms with Gasteiger partial charge in [-0.1, -0.05) is 0 Å². The van der Waals surface area contributed by atoms with Gasteiger partial charge in [0, 0.05) is 12.8 Å². The fourth-order valence-corrected chi connectivity index (χ4v) is 2.01. The molecule has 88 valence electrons. The molecule has 2 unspecified atom stereocenters. The molecule has 1 fully saturated rings. The number of aromatic nitrogens is 1. The first-order valence-electron chi connectivity index (χ1n) is 5.48. The molecule has 16 heavy (non-hydrogen) atoms. The van der Waals surface area contributed by atoms with Gasteiger partial charge >= 0.3 is 0 Å². The molecular formula is C11H16FN3O. The first kappa shape index (κ1) is 11.4. The Balaban J connectivity index is 2.03. The summed E-state index contributed by atoms with van der Waals surface area (Å²) >= 11 is 0. The third-order valence-corrected chi connectivity index (χ3v) is 2.85. The van der Waals surface area contributed by atoms with E-state index in [-0.39, 0.29) is 18.0 Å². The summed E-state index contributed by atoms with van der Waals surface area (Å²) in [5.74, 6) is 5.13. The zero-order chi connectivity index (χ0) is 11.4. The number of hydrazine groups is 1. The third-order valence-electron chi connectivity index (χ3n) is 2.85. The van der Waals surface area contributed by atoms with Crippen molar-refractivity contribution in [2.75, 3.05) is 6.61 Å². The summed E-state index contributed by atoms with van der Waals surface area (Å²) in [6, 6.07) is 1.35. The maximum atomic E-state index is 13.0. The molecule has 1 aromatic rings. The van der Waals surface area contributed by atoms with Crippen LogP contribution in [0.5, 0.6) is 0 Å². The molecule has 5 heteroatoms. The second-order valence-corrected chi connectivity index (χ2v) is 4.03. The summed E-state index contributed by atoms with van der Waals surface area (Å²) < 4.78 is 18.5. The van der Waals surface area contributed by atoms with Gasteiger partial charge < -0.3 is 4.74 Å². The minimum Gasteiger partial charge on any atom is -0.378 e. The van der Waals surface area contributed by atoms with E-state index in [2.05, 4.69) is 10.4 Å². The van der Waals surface area contributed by atoms with E-state index in [4.69, 9.17) is 10.6 Å². The van der Waals surface area contributed by atoms with E-state index in [1.807, 2.05) is 0 Å². The average Bonchev–Trinajstić information content (AvgIpc) is 2.78. The molecule has 1 aromatic heterocycles. The van der Waals surface area contributed by atoms with Crippen molar-refractivity contribution >= 4 is 0 Å². The van der Waals surface area contributed by atoms with Gasteiger partial charge in [-0.25, -0.2) is 4.39 Å². The van der Waals surface area contributed by atoms with Crippen LogP contribution in [0.2, 0.25) is 0 Å². The number of hydrogen-bond donors (Lipinski definition) is 2. The summed E-state index contributed by atoms with van der Waals surface area (Å²) in [6.07, 6.45) is 5.90. The summed E-state index contributed by atoms with van der Waals surface area (Å²) in [5, 5.41) is 0. The molecule has 1 aliphatic rings. The van der Waals surface area contributed by atoms with E-state index in [9.17, 15) is 4.39 Å². The van der Waals surface area contributed by atoms with Crippen LogP contribution in [-0.2, 0) is 4.74 Å². The van der Waals surface area contributed by atoms with Gasteiger partial charge in [-0.05, 0) is 30.9 Å². The topological polar surface area (TPSA) is 60.2 Å². The summed E-state index contributed by atoms with van der Waals surface area (Å²) in [5.41, 5.74) is 3.45. The minimum absolute atomic E-state index is 0.105. The van der Waals surface area contributed by atoms with E-state index in [1.54, 1.807) is 6.20 Å². The van der Waals surface area contributed by atoms with Gasteiger partial charge in [0.1, 0.15) is 5.82 Å². The van der Waals surface area contributed by atoms with E-state index >= 15 is 0 Å². The summed E-state index contributed by atoms with van der Waals surface area (Å²) in [4.78, 5) is 3.82. The van der Waals surface area contributed by atoms with Crippen LogP contribution in [0.15, 0.2) is 18.5 Å². The molecule has 2 rings (SSSR count). The quantitative estimate of drug-likeness (QED) is 0.599. The van der Waals surface area contributed by atoms with Gasteiger partial charge in [-0.2, -0.15) is 0 Å². The molecular weight excluding hydrogens is 209 g/mol. The highest BCUT2D eigenvalue weighted by atomic mass is 19.1. The second-order valence-electron chi connectivity index (χ2n) is 4.03. The zero-order valence-electron chi connectivity index (χ0n) is 9.03. The Morgan fingerprint density at radius 2 is 2.50 bits per heavy atom. The molecule has 0 spiro atoms. The van der Waals surface area contributed by atoms with Crippen molar-refractivity contribution in [3.8, 4) is 0 Å². The number of nitrogens with zero attached hydrogens (tertiary/aromatic N) is 1. The van der Waals surface area contributed by atoms with E-state index in [0.29, 0.717) is 0 Å². The standard InChI is InChI=1S/C11H16FN3O/c12-9-4-8(6-14-7-9)11(15-13)5-10-2-1-3-16-10/h4,6-7,10-11,15H,1-3,5,13H2. The van der Waals surface area contributed by atoms with Crippen LogP contribution in [0.25, 0.3) is 0 Å². The molecule has 2 atom stereocenters. The van der Waals surface area contributed by atoms with Crippen LogP contribution in [0.1, 0.15) is 30.9 Å². The van der Waals surface area contributed by atoms with Gasteiger partial charge in [0.05, 0.1) is 18.3 Å². The van der Waals surface area contributed by atoms with Crippen LogP contribution in [0.4, 0.5) is 4.39 Å². The third kappa shape index (κ3) is 2.75. The second kappa shape index (κ2) is 5.34. The molecule has 1 saturated heterocycles. The number of rotatable bonds is 4. The number of nitrogens with two attached hydrogens (primary N) is 1. The van der Waals surface area contributed by atoms with Crippen molar-refractivity contribution in [3.63, 3.8) is 0 Å². The van der Waals surface area contributed by atoms with Crippen LogP contribution in [0, 0.1) is 5.82 Å². The molecule has 2 heterocycles. The largest absolute Gasteiger partial charge is 0.378 e. The number of pyridine rings is 1. The highest BCUT2D eigenvalue weighted by molar-refractivity contribution is 5.15. The lowest BCUT2D eigenvalue weighted by Crippen LogP contribution is -2.31. The normalized spacial score (nSPS) is 22.2. The zero-order valence-corrected chi connectivity index (χ0v) is 9.03. The van der Waals surface area contributed by atoms with Crippen LogP contribution in [0.3, 0.4) is 0 Å². The summed E-state index contributed by atoms with van der Waals surface area (Å²) in [6.45, 7) is 0.809. The fraction of sp³-hybridized carbons (Fsp3) is 0.545. The van der Waals surface area contributed by atoms with Gasteiger partial charge in [0.25, 0.3) is 0 Å². The Bertz CT molecular complexity index is 342. The van der Waals surface area contributed by atoms with Gasteiger partial charge in [-0.3, -0.25) is 16.3 Å². The van der Waals surface area contributed by atoms with Crippen molar-refractivity contribution in [3.05, 3.63) is 29.8 Å². The van der Waals surface area contributed by atoms with E-state index < -0.39 is 0 Å². The molecule has 0 aliphatic carbocycles. The lowest BCUT2D eigenvalue weighted by atomic mass is 10.0. The van der Waals surface area contributed by atoms with Crippen LogP contribution >= 0.6 is 0 Å². The van der Waals surface area contributed by atoms with Crippen LogP contribution < -0.4 is 11.3 Å². The maximum absolute atomic E-state index is 13.0. The molecule has 0 aromatic carbocycles. The molecule has 3 N–H and O–H groups in total. The monoisotopic (exact) mass is 225 g/mol. The Labute approximate surface area is 94.0 Å². The van der Waals surface area contributed by atoms with Crippen molar-refractivity contribution < 1.29 is 9.13 Å². The minimum atomic E-state index is -0.343. The number of halogens is 1. The maximum Gasteiger partial charge on any atom is 0.141 e. The smallest absolute Gasteiger partial charge is 0.141 e. The molecule has 0 bridgehead atoms. The highest BCUT2D eigenvalue weighted by Crippen LogP contribution is 2.24. The number of nitrogens with one attached hydrogen (secondary N) is 1.